The van der Waals surface area contributed by atoms with E-state index in [0.29, 0.717) is 49.9 Å². The lowest BCUT2D eigenvalue weighted by Crippen LogP contribution is -2.44. The lowest BCUT2D eigenvalue weighted by molar-refractivity contribution is 0.0502. The Balaban J connectivity index is 1.60. The van der Waals surface area contributed by atoms with Crippen molar-refractivity contribution in [3.8, 4) is 11.5 Å². The van der Waals surface area contributed by atoms with Crippen LogP contribution in [0.25, 0.3) is 0 Å². The molecule has 148 valence electrons. The molecule has 2 amide bonds. The van der Waals surface area contributed by atoms with Gasteiger partial charge in [0.1, 0.15) is 18.8 Å². The van der Waals surface area contributed by atoms with E-state index in [2.05, 4.69) is 5.32 Å². The fourth-order valence-corrected chi connectivity index (χ4v) is 3.37. The van der Waals surface area contributed by atoms with Crippen molar-refractivity contribution in [2.24, 2.45) is 5.92 Å². The van der Waals surface area contributed by atoms with E-state index in [1.807, 2.05) is 37.8 Å². The summed E-state index contributed by atoms with van der Waals surface area (Å²) in [5.41, 5.74) is 0.0144. The first-order valence-electron chi connectivity index (χ1n) is 9.48. The van der Waals surface area contributed by atoms with Gasteiger partial charge < -0.3 is 24.4 Å². The predicted molar refractivity (Wildman–Crippen MR) is 100 cm³/mol. The van der Waals surface area contributed by atoms with E-state index in [4.69, 9.17) is 14.2 Å². The van der Waals surface area contributed by atoms with Crippen molar-refractivity contribution >= 4 is 12.0 Å². The van der Waals surface area contributed by atoms with Crippen molar-refractivity contribution < 1.29 is 23.8 Å². The second-order valence-corrected chi connectivity index (χ2v) is 7.97. The highest BCUT2D eigenvalue weighted by Crippen LogP contribution is 2.34. The fourth-order valence-electron chi connectivity index (χ4n) is 3.37. The lowest BCUT2D eigenvalue weighted by Gasteiger charge is -2.33. The van der Waals surface area contributed by atoms with E-state index >= 15 is 0 Å². The molecule has 7 nitrogen and oxygen atoms in total. The third-order valence-corrected chi connectivity index (χ3v) is 4.54. The molecule has 1 N–H and O–H groups in total. The van der Waals surface area contributed by atoms with Gasteiger partial charge in [-0.2, -0.15) is 0 Å². The molecule has 1 aromatic rings. The van der Waals surface area contributed by atoms with E-state index in [-0.39, 0.29) is 11.8 Å². The standard InChI is InChI=1S/C20H28N2O5/c1-20(2,3)27-19(24)21-12-14-6-5-9-22(13-14)18(23)15-7-4-8-16-17(15)26-11-10-25-16/h4,7-8,14H,5-6,9-13H2,1-3H3,(H,21,24)/t14-/m1/s1. The van der Waals surface area contributed by atoms with Crippen molar-refractivity contribution in [3.05, 3.63) is 23.8 Å². The maximum atomic E-state index is 13.0. The monoisotopic (exact) mass is 376 g/mol. The van der Waals surface area contributed by atoms with Crippen LogP contribution in [0.15, 0.2) is 18.2 Å². The zero-order chi connectivity index (χ0) is 19.4. The SMILES string of the molecule is CC(C)(C)OC(=O)NC[C@H]1CCCN(C(=O)c2cccc3c2OCCO3)C1. The maximum absolute atomic E-state index is 13.0. The van der Waals surface area contributed by atoms with E-state index in [0.717, 1.165) is 12.8 Å². The first-order chi connectivity index (χ1) is 12.8. The average Bonchev–Trinajstić information content (AvgIpc) is 2.64. The molecular formula is C20H28N2O5. The van der Waals surface area contributed by atoms with E-state index < -0.39 is 11.7 Å². The van der Waals surface area contributed by atoms with Crippen molar-refractivity contribution in [1.29, 1.82) is 0 Å². The van der Waals surface area contributed by atoms with Crippen LogP contribution in [0.1, 0.15) is 44.0 Å². The normalized spacial score (nSPS) is 19.4. The van der Waals surface area contributed by atoms with Crippen LogP contribution >= 0.6 is 0 Å². The molecule has 2 aliphatic rings. The van der Waals surface area contributed by atoms with Crippen LogP contribution in [0.3, 0.4) is 0 Å². The number of alkyl carbamates (subject to hydrolysis) is 1. The van der Waals surface area contributed by atoms with Crippen LogP contribution in [0.4, 0.5) is 4.79 Å². The number of carbonyl (C=O) groups is 2. The van der Waals surface area contributed by atoms with Crippen molar-refractivity contribution in [2.75, 3.05) is 32.8 Å². The second kappa shape index (κ2) is 8.06. The highest BCUT2D eigenvalue weighted by molar-refractivity contribution is 5.98. The first-order valence-corrected chi connectivity index (χ1v) is 9.48. The number of nitrogens with zero attached hydrogens (tertiary/aromatic N) is 1. The number of rotatable bonds is 3. The molecule has 1 atom stereocenters. The van der Waals surface area contributed by atoms with E-state index in [1.165, 1.54) is 0 Å². The van der Waals surface area contributed by atoms with E-state index in [9.17, 15) is 9.59 Å². The van der Waals surface area contributed by atoms with Crippen LogP contribution in [-0.2, 0) is 4.74 Å². The summed E-state index contributed by atoms with van der Waals surface area (Å²) in [5.74, 6) is 1.29. The van der Waals surface area contributed by atoms with Gasteiger partial charge in [0.25, 0.3) is 5.91 Å². The number of benzene rings is 1. The summed E-state index contributed by atoms with van der Waals surface area (Å²) < 4.78 is 16.5. The molecule has 0 spiro atoms. The van der Waals surface area contributed by atoms with E-state index in [1.54, 1.807) is 6.07 Å². The molecular weight excluding hydrogens is 348 g/mol. The number of hydrogen-bond donors (Lipinski definition) is 1. The molecule has 1 fully saturated rings. The van der Waals surface area contributed by atoms with Gasteiger partial charge in [-0.25, -0.2) is 4.79 Å². The molecule has 0 aromatic heterocycles. The van der Waals surface area contributed by atoms with Crippen molar-refractivity contribution in [3.63, 3.8) is 0 Å². The van der Waals surface area contributed by atoms with Crippen LogP contribution in [0.5, 0.6) is 11.5 Å². The van der Waals surface area contributed by atoms with Crippen LogP contribution in [-0.4, -0.2) is 55.3 Å². The molecule has 3 rings (SSSR count). The zero-order valence-corrected chi connectivity index (χ0v) is 16.2. The Morgan fingerprint density at radius 1 is 1.26 bits per heavy atom. The summed E-state index contributed by atoms with van der Waals surface area (Å²) in [6.45, 7) is 8.23. The van der Waals surface area contributed by atoms with Gasteiger partial charge in [0.05, 0.1) is 5.56 Å². The number of amides is 2. The highest BCUT2D eigenvalue weighted by atomic mass is 16.6. The molecule has 1 aromatic carbocycles. The van der Waals surface area contributed by atoms with Gasteiger partial charge in [0, 0.05) is 19.6 Å². The number of carbonyl (C=O) groups excluding carboxylic acids is 2. The quantitative estimate of drug-likeness (QED) is 0.878. The largest absolute Gasteiger partial charge is 0.486 e. The topological polar surface area (TPSA) is 77.1 Å². The third kappa shape index (κ3) is 5.05. The molecule has 2 aliphatic heterocycles. The molecule has 0 radical (unpaired) electrons. The van der Waals surface area contributed by atoms with Crippen LogP contribution in [0, 0.1) is 5.92 Å². The Morgan fingerprint density at radius 2 is 2.04 bits per heavy atom. The number of ether oxygens (including phenoxy) is 3. The Kier molecular flexibility index (Phi) is 5.77. The number of piperidine rings is 1. The summed E-state index contributed by atoms with van der Waals surface area (Å²) >= 11 is 0. The number of hydrogen-bond acceptors (Lipinski definition) is 5. The summed E-state index contributed by atoms with van der Waals surface area (Å²) in [6.07, 6.45) is 1.44. The Hall–Kier alpha value is -2.44. The Bertz CT molecular complexity index is 698. The van der Waals surface area contributed by atoms with Gasteiger partial charge in [0.2, 0.25) is 0 Å². The maximum Gasteiger partial charge on any atom is 0.407 e. The number of para-hydroxylation sites is 1. The van der Waals surface area contributed by atoms with Gasteiger partial charge in [-0.1, -0.05) is 6.07 Å². The molecule has 0 unspecified atom stereocenters. The zero-order valence-electron chi connectivity index (χ0n) is 16.2. The fraction of sp³-hybridized carbons (Fsp3) is 0.600. The Morgan fingerprint density at radius 3 is 2.81 bits per heavy atom. The van der Waals surface area contributed by atoms with Gasteiger partial charge in [-0.05, 0) is 51.7 Å². The van der Waals surface area contributed by atoms with Gasteiger partial charge in [0.15, 0.2) is 11.5 Å². The summed E-state index contributed by atoms with van der Waals surface area (Å²) in [4.78, 5) is 26.7. The average molecular weight is 376 g/mol. The highest BCUT2D eigenvalue weighted by Gasteiger charge is 2.29. The molecule has 7 heteroatoms. The minimum Gasteiger partial charge on any atom is -0.486 e. The van der Waals surface area contributed by atoms with Crippen LogP contribution in [0.2, 0.25) is 0 Å². The number of nitrogens with one attached hydrogen (secondary N) is 1. The molecule has 0 aliphatic carbocycles. The Labute approximate surface area is 160 Å². The smallest absolute Gasteiger partial charge is 0.407 e. The summed E-state index contributed by atoms with van der Waals surface area (Å²) in [7, 11) is 0. The molecule has 1 saturated heterocycles. The minimum atomic E-state index is -0.521. The molecule has 0 bridgehead atoms. The van der Waals surface area contributed by atoms with Gasteiger partial charge in [-0.3, -0.25) is 4.79 Å². The second-order valence-electron chi connectivity index (χ2n) is 7.97. The lowest BCUT2D eigenvalue weighted by atomic mass is 9.97. The molecule has 2 heterocycles. The number of fused-ring (bicyclic) bond motifs is 1. The van der Waals surface area contributed by atoms with Gasteiger partial charge in [-0.15, -0.1) is 0 Å². The molecule has 0 saturated carbocycles. The predicted octanol–water partition coefficient (Wildman–Crippen LogP) is 2.83. The number of likely N-dealkylation sites (tertiary alicyclic amines) is 1. The minimum absolute atomic E-state index is 0.0562. The van der Waals surface area contributed by atoms with Crippen molar-refractivity contribution in [1.82, 2.24) is 10.2 Å². The first kappa shape index (κ1) is 19.3. The third-order valence-electron chi connectivity index (χ3n) is 4.54. The van der Waals surface area contributed by atoms with Crippen LogP contribution < -0.4 is 14.8 Å². The van der Waals surface area contributed by atoms with Crippen molar-refractivity contribution in [2.45, 2.75) is 39.2 Å². The molecule has 27 heavy (non-hydrogen) atoms. The summed E-state index contributed by atoms with van der Waals surface area (Å²) in [5, 5.41) is 2.81. The van der Waals surface area contributed by atoms with Gasteiger partial charge >= 0.3 is 6.09 Å². The summed E-state index contributed by atoms with van der Waals surface area (Å²) in [6, 6.07) is 5.40.